The first-order valence-electron chi connectivity index (χ1n) is 5.06. The first-order chi connectivity index (χ1) is 7.99. The number of amides is 1. The zero-order valence-electron chi connectivity index (χ0n) is 9.38. The van der Waals surface area contributed by atoms with Crippen molar-refractivity contribution in [2.24, 2.45) is 0 Å². The molecule has 4 N–H and O–H groups in total. The molecule has 0 bridgehead atoms. The summed E-state index contributed by atoms with van der Waals surface area (Å²) in [5, 5.41) is 10.9. The van der Waals surface area contributed by atoms with Crippen LogP contribution in [0.2, 0.25) is 0 Å². The average Bonchev–Trinajstić information content (AvgIpc) is 2.26. The molecule has 1 amide bonds. The van der Waals surface area contributed by atoms with Crippen LogP contribution < -0.4 is 11.1 Å². The highest BCUT2D eigenvalue weighted by Gasteiger charge is 2.11. The molecule has 0 aliphatic carbocycles. The third-order valence-electron chi connectivity index (χ3n) is 2.07. The van der Waals surface area contributed by atoms with Crippen molar-refractivity contribution < 1.29 is 14.7 Å². The maximum Gasteiger partial charge on any atom is 0.325 e. The number of rotatable bonds is 4. The molecule has 1 rings (SSSR count). The zero-order chi connectivity index (χ0) is 12.8. The number of nitrogen functional groups attached to an aromatic ring is 1. The molecule has 0 radical (unpaired) electrons. The molecule has 0 aromatic heterocycles. The Labute approximate surface area is 98.9 Å². The van der Waals surface area contributed by atoms with Crippen molar-refractivity contribution in [3.63, 3.8) is 0 Å². The molecule has 17 heavy (non-hydrogen) atoms. The summed E-state index contributed by atoms with van der Waals surface area (Å²) in [7, 11) is 0. The summed E-state index contributed by atoms with van der Waals surface area (Å²) in [4.78, 5) is 21.8. The van der Waals surface area contributed by atoms with E-state index < -0.39 is 17.9 Å². The van der Waals surface area contributed by atoms with E-state index in [2.05, 4.69) is 5.32 Å². The van der Waals surface area contributed by atoms with Crippen LogP contribution in [0.3, 0.4) is 0 Å². The predicted octanol–water partition coefficient (Wildman–Crippen LogP) is 0.871. The summed E-state index contributed by atoms with van der Waals surface area (Å²) in [6, 6.07) is 6.11. The molecule has 1 atom stereocenters. The van der Waals surface area contributed by atoms with Crippen molar-refractivity contribution in [1.82, 2.24) is 5.32 Å². The van der Waals surface area contributed by atoms with Crippen LogP contribution in [0.25, 0.3) is 6.08 Å². The molecule has 0 aliphatic rings. The van der Waals surface area contributed by atoms with Crippen LogP contribution in [0.15, 0.2) is 30.3 Å². The SMILES string of the molecule is CC(NC(=O)/C=C/c1cccc(N)c1)C(=O)O. The van der Waals surface area contributed by atoms with Gasteiger partial charge in [0, 0.05) is 11.8 Å². The minimum absolute atomic E-state index is 0.456. The van der Waals surface area contributed by atoms with Gasteiger partial charge in [0.25, 0.3) is 0 Å². The largest absolute Gasteiger partial charge is 0.480 e. The number of anilines is 1. The second-order valence-electron chi connectivity index (χ2n) is 3.57. The van der Waals surface area contributed by atoms with E-state index >= 15 is 0 Å². The number of carboxylic acids is 1. The Hall–Kier alpha value is -2.30. The number of carboxylic acid groups (broad SMARTS) is 1. The van der Waals surface area contributed by atoms with Crippen LogP contribution in [0, 0.1) is 0 Å². The van der Waals surface area contributed by atoms with Crippen LogP contribution in [-0.2, 0) is 9.59 Å². The van der Waals surface area contributed by atoms with E-state index in [4.69, 9.17) is 10.8 Å². The molecule has 5 nitrogen and oxygen atoms in total. The van der Waals surface area contributed by atoms with Gasteiger partial charge in [-0.25, -0.2) is 0 Å². The molecule has 0 aliphatic heterocycles. The van der Waals surface area contributed by atoms with Gasteiger partial charge in [0.15, 0.2) is 0 Å². The normalized spacial score (nSPS) is 12.3. The van der Waals surface area contributed by atoms with Crippen LogP contribution >= 0.6 is 0 Å². The Morgan fingerprint density at radius 2 is 2.18 bits per heavy atom. The van der Waals surface area contributed by atoms with Crippen LogP contribution in [-0.4, -0.2) is 23.0 Å². The maximum atomic E-state index is 11.3. The number of nitrogens with two attached hydrogens (primary N) is 1. The van der Waals surface area contributed by atoms with Crippen molar-refractivity contribution in [3.8, 4) is 0 Å². The van der Waals surface area contributed by atoms with E-state index in [1.165, 1.54) is 13.0 Å². The molecule has 1 aromatic rings. The number of carbonyl (C=O) groups is 2. The smallest absolute Gasteiger partial charge is 0.325 e. The molecule has 5 heteroatoms. The summed E-state index contributed by atoms with van der Waals surface area (Å²) in [6.07, 6.45) is 2.84. The fourth-order valence-electron chi connectivity index (χ4n) is 1.16. The van der Waals surface area contributed by atoms with E-state index in [1.54, 1.807) is 30.3 Å². The highest BCUT2D eigenvalue weighted by atomic mass is 16.4. The highest BCUT2D eigenvalue weighted by molar-refractivity contribution is 5.94. The fourth-order valence-corrected chi connectivity index (χ4v) is 1.16. The fraction of sp³-hybridized carbons (Fsp3) is 0.167. The second-order valence-corrected chi connectivity index (χ2v) is 3.57. The van der Waals surface area contributed by atoms with Crippen LogP contribution in [0.5, 0.6) is 0 Å². The maximum absolute atomic E-state index is 11.3. The topological polar surface area (TPSA) is 92.4 Å². The Bertz CT molecular complexity index is 455. The first kappa shape index (κ1) is 12.8. The van der Waals surface area contributed by atoms with Gasteiger partial charge in [-0.3, -0.25) is 9.59 Å². The Morgan fingerprint density at radius 1 is 1.47 bits per heavy atom. The lowest BCUT2D eigenvalue weighted by atomic mass is 10.2. The zero-order valence-corrected chi connectivity index (χ0v) is 9.38. The molecule has 0 saturated heterocycles. The van der Waals surface area contributed by atoms with Gasteiger partial charge < -0.3 is 16.2 Å². The summed E-state index contributed by atoms with van der Waals surface area (Å²) in [6.45, 7) is 1.40. The lowest BCUT2D eigenvalue weighted by molar-refractivity contribution is -0.140. The van der Waals surface area contributed by atoms with E-state index in [0.29, 0.717) is 5.69 Å². The third kappa shape index (κ3) is 4.38. The van der Waals surface area contributed by atoms with Gasteiger partial charge in [0.2, 0.25) is 5.91 Å². The van der Waals surface area contributed by atoms with Gasteiger partial charge in [-0.1, -0.05) is 12.1 Å². The number of carbonyl (C=O) groups excluding carboxylic acids is 1. The highest BCUT2D eigenvalue weighted by Crippen LogP contribution is 2.07. The molecule has 0 spiro atoms. The number of aliphatic carboxylic acids is 1. The van der Waals surface area contributed by atoms with Crippen LogP contribution in [0.1, 0.15) is 12.5 Å². The molecule has 1 unspecified atom stereocenters. The molecular formula is C12H14N2O3. The minimum atomic E-state index is -1.07. The monoisotopic (exact) mass is 234 g/mol. The number of hydrogen-bond donors (Lipinski definition) is 3. The van der Waals surface area contributed by atoms with Gasteiger partial charge in [-0.2, -0.15) is 0 Å². The second kappa shape index (κ2) is 5.69. The molecule has 0 fully saturated rings. The van der Waals surface area contributed by atoms with Gasteiger partial charge >= 0.3 is 5.97 Å². The summed E-state index contributed by atoms with van der Waals surface area (Å²) < 4.78 is 0. The molecule has 0 saturated carbocycles. The molecule has 90 valence electrons. The lowest BCUT2D eigenvalue weighted by Crippen LogP contribution is -2.37. The Balaban J connectivity index is 2.59. The first-order valence-corrected chi connectivity index (χ1v) is 5.06. The average molecular weight is 234 g/mol. The van der Waals surface area contributed by atoms with Gasteiger partial charge in [0.1, 0.15) is 6.04 Å². The third-order valence-corrected chi connectivity index (χ3v) is 2.07. The Kier molecular flexibility index (Phi) is 4.28. The lowest BCUT2D eigenvalue weighted by Gasteiger charge is -2.05. The Morgan fingerprint density at radius 3 is 2.76 bits per heavy atom. The minimum Gasteiger partial charge on any atom is -0.480 e. The summed E-state index contributed by atoms with van der Waals surface area (Å²) in [5.41, 5.74) is 6.96. The van der Waals surface area contributed by atoms with Crippen molar-refractivity contribution in [2.45, 2.75) is 13.0 Å². The predicted molar refractivity (Wildman–Crippen MR) is 65.1 cm³/mol. The van der Waals surface area contributed by atoms with Gasteiger partial charge in [-0.15, -0.1) is 0 Å². The van der Waals surface area contributed by atoms with Gasteiger partial charge in [0.05, 0.1) is 0 Å². The number of nitrogens with one attached hydrogen (secondary N) is 1. The standard InChI is InChI=1S/C12H14N2O3/c1-8(12(16)17)14-11(15)6-5-9-3-2-4-10(13)7-9/h2-8H,13H2,1H3,(H,14,15)(H,16,17)/b6-5+. The van der Waals surface area contributed by atoms with E-state index in [9.17, 15) is 9.59 Å². The number of hydrogen-bond acceptors (Lipinski definition) is 3. The van der Waals surface area contributed by atoms with Gasteiger partial charge in [-0.05, 0) is 30.7 Å². The molecule has 0 heterocycles. The summed E-state index contributed by atoms with van der Waals surface area (Å²) in [5.74, 6) is -1.53. The molecule has 1 aromatic carbocycles. The van der Waals surface area contributed by atoms with E-state index in [-0.39, 0.29) is 0 Å². The van der Waals surface area contributed by atoms with E-state index in [0.717, 1.165) is 5.56 Å². The quantitative estimate of drug-likeness (QED) is 0.532. The van der Waals surface area contributed by atoms with E-state index in [1.807, 2.05) is 0 Å². The van der Waals surface area contributed by atoms with Crippen molar-refractivity contribution in [1.29, 1.82) is 0 Å². The summed E-state index contributed by atoms with van der Waals surface area (Å²) >= 11 is 0. The van der Waals surface area contributed by atoms with Crippen molar-refractivity contribution in [3.05, 3.63) is 35.9 Å². The van der Waals surface area contributed by atoms with Crippen molar-refractivity contribution in [2.75, 3.05) is 5.73 Å². The molecular weight excluding hydrogens is 220 g/mol. The van der Waals surface area contributed by atoms with Crippen molar-refractivity contribution >= 4 is 23.6 Å². The van der Waals surface area contributed by atoms with Crippen LogP contribution in [0.4, 0.5) is 5.69 Å². The number of benzene rings is 1.